The van der Waals surface area contributed by atoms with Gasteiger partial charge in [0.15, 0.2) is 0 Å². The second-order valence-electron chi connectivity index (χ2n) is 19.7. The maximum Gasteiger partial charge on any atom is 0.135 e. The molecule has 2 aromatic heterocycles. The Bertz CT molecular complexity index is 3570. The van der Waals surface area contributed by atoms with Gasteiger partial charge in [0.05, 0.1) is 0 Å². The Morgan fingerprint density at radius 3 is 1.91 bits per heavy atom. The van der Waals surface area contributed by atoms with Crippen molar-refractivity contribution in [3.05, 3.63) is 224 Å². The van der Waals surface area contributed by atoms with Gasteiger partial charge in [-0.1, -0.05) is 150 Å². The van der Waals surface area contributed by atoms with Crippen molar-refractivity contribution in [3.8, 4) is 50.7 Å². The monoisotopic (exact) mass is 1100 g/mol. The van der Waals surface area contributed by atoms with Gasteiger partial charge in [-0.05, 0) is 86.5 Å². The second kappa shape index (κ2) is 18.2. The fourth-order valence-electron chi connectivity index (χ4n) is 9.63. The number of nitrogens with zero attached hydrogens (tertiary/aromatic N) is 4. The van der Waals surface area contributed by atoms with E-state index in [1.807, 2.05) is 61.4 Å². The normalized spacial score (nSPS) is 12.6. The molecular formula is C62H49F2N4OPt-3. The molecule has 1 aliphatic rings. The molecule has 3 heterocycles. The number of pyridine rings is 1. The van der Waals surface area contributed by atoms with Crippen LogP contribution in [0.5, 0.6) is 11.5 Å². The van der Waals surface area contributed by atoms with Crippen LogP contribution in [0.1, 0.15) is 52.7 Å². The van der Waals surface area contributed by atoms with E-state index in [-0.39, 0.29) is 31.9 Å². The summed E-state index contributed by atoms with van der Waals surface area (Å²) in [5.41, 5.74) is 12.3. The summed E-state index contributed by atoms with van der Waals surface area (Å²) < 4.78 is 39.2. The molecule has 0 bridgehead atoms. The van der Waals surface area contributed by atoms with Crippen molar-refractivity contribution >= 4 is 44.6 Å². The number of fused-ring (bicyclic) bond motifs is 4. The van der Waals surface area contributed by atoms with Gasteiger partial charge in [0, 0.05) is 78.5 Å². The maximum absolute atomic E-state index is 15.0. The molecular weight excluding hydrogens is 1050 g/mol. The Labute approximate surface area is 422 Å². The van der Waals surface area contributed by atoms with Crippen LogP contribution in [-0.2, 0) is 31.9 Å². The molecule has 0 aliphatic carbocycles. The van der Waals surface area contributed by atoms with Crippen LogP contribution in [0.15, 0.2) is 182 Å². The van der Waals surface area contributed by atoms with Crippen LogP contribution in [0.4, 0.5) is 31.5 Å². The van der Waals surface area contributed by atoms with Gasteiger partial charge >= 0.3 is 0 Å². The number of ether oxygens (including phenoxy) is 1. The van der Waals surface area contributed by atoms with Gasteiger partial charge in [-0.25, -0.2) is 13.8 Å². The minimum absolute atomic E-state index is 0. The number of rotatable bonds is 8. The molecule has 0 N–H and O–H groups in total. The van der Waals surface area contributed by atoms with Crippen molar-refractivity contribution < 1.29 is 34.6 Å². The van der Waals surface area contributed by atoms with Crippen molar-refractivity contribution in [1.29, 1.82) is 0 Å². The zero-order chi connectivity index (χ0) is 47.6. The van der Waals surface area contributed by atoms with Crippen LogP contribution in [0.2, 0.25) is 0 Å². The summed E-state index contributed by atoms with van der Waals surface area (Å²) in [6.07, 6.45) is 1.88. The van der Waals surface area contributed by atoms with Crippen LogP contribution in [0.25, 0.3) is 61.0 Å². The molecule has 8 aromatic carbocycles. The molecule has 0 atom stereocenters. The largest absolute Gasteiger partial charge is 0.509 e. The molecule has 70 heavy (non-hydrogen) atoms. The molecule has 8 heteroatoms. The molecule has 0 amide bonds. The first-order valence-corrected chi connectivity index (χ1v) is 23.2. The van der Waals surface area contributed by atoms with E-state index in [1.165, 1.54) is 23.3 Å². The summed E-state index contributed by atoms with van der Waals surface area (Å²) in [4.78, 5) is 9.11. The SMILES string of the molecule is CC(C)(C)c1ccnc(-n2c3[c-]c(Oc4[c-]c(N5[CH-]N(c6c(-c7ccccc7)cccc6-c6cc(F)cc(F)c6)c6ccccc65)cc(-c5ccccc5C(C)(C)C)c4)ccc3c3ccccc32)c1.[Pt]. The van der Waals surface area contributed by atoms with Gasteiger partial charge in [-0.15, -0.1) is 53.6 Å². The third-order valence-corrected chi connectivity index (χ3v) is 12.9. The number of anilines is 4. The Kier molecular flexibility index (Phi) is 12.1. The number of para-hydroxylation sites is 4. The Balaban J connectivity index is 0.00000567. The van der Waals surface area contributed by atoms with E-state index in [4.69, 9.17) is 9.72 Å². The van der Waals surface area contributed by atoms with E-state index in [2.05, 4.69) is 177 Å². The zero-order valence-electron chi connectivity index (χ0n) is 39.7. The van der Waals surface area contributed by atoms with Crippen molar-refractivity contribution in [3.63, 3.8) is 0 Å². The maximum atomic E-state index is 15.0. The average Bonchev–Trinajstić information content (AvgIpc) is 3.89. The molecule has 0 radical (unpaired) electrons. The third kappa shape index (κ3) is 8.58. The number of halogens is 2. The van der Waals surface area contributed by atoms with E-state index in [9.17, 15) is 0 Å². The molecule has 0 saturated carbocycles. The van der Waals surface area contributed by atoms with E-state index >= 15 is 8.78 Å². The number of benzene rings is 8. The average molecular weight is 1100 g/mol. The van der Waals surface area contributed by atoms with Gasteiger partial charge in [-0.3, -0.25) is 0 Å². The minimum Gasteiger partial charge on any atom is -0.509 e. The second-order valence-corrected chi connectivity index (χ2v) is 19.7. The van der Waals surface area contributed by atoms with Crippen molar-refractivity contribution in [2.24, 2.45) is 0 Å². The molecule has 0 fully saturated rings. The van der Waals surface area contributed by atoms with Crippen LogP contribution in [-0.4, -0.2) is 9.55 Å². The first-order chi connectivity index (χ1) is 33.3. The van der Waals surface area contributed by atoms with E-state index in [0.29, 0.717) is 22.6 Å². The van der Waals surface area contributed by atoms with Crippen LogP contribution < -0.4 is 14.5 Å². The first kappa shape index (κ1) is 46.4. The van der Waals surface area contributed by atoms with Crippen LogP contribution >= 0.6 is 0 Å². The summed E-state index contributed by atoms with van der Waals surface area (Å²) >= 11 is 0. The zero-order valence-corrected chi connectivity index (χ0v) is 41.9. The molecule has 0 saturated heterocycles. The van der Waals surface area contributed by atoms with E-state index in [1.54, 1.807) is 0 Å². The molecule has 10 aromatic rings. The molecule has 0 spiro atoms. The Hall–Kier alpha value is -7.34. The summed E-state index contributed by atoms with van der Waals surface area (Å²) in [6, 6.07) is 64.5. The number of hydrogen-bond donors (Lipinski definition) is 0. The summed E-state index contributed by atoms with van der Waals surface area (Å²) in [5.74, 6) is 0.545. The third-order valence-electron chi connectivity index (χ3n) is 12.9. The summed E-state index contributed by atoms with van der Waals surface area (Å²) in [5, 5.41) is 2.14. The summed E-state index contributed by atoms with van der Waals surface area (Å²) in [6.45, 7) is 15.3. The minimum atomic E-state index is -0.646. The van der Waals surface area contributed by atoms with E-state index < -0.39 is 11.6 Å². The van der Waals surface area contributed by atoms with Gasteiger partial charge in [-0.2, -0.15) is 6.07 Å². The van der Waals surface area contributed by atoms with E-state index in [0.717, 1.165) is 78.7 Å². The van der Waals surface area contributed by atoms with Gasteiger partial charge in [0.25, 0.3) is 0 Å². The Morgan fingerprint density at radius 2 is 1.17 bits per heavy atom. The topological polar surface area (TPSA) is 33.5 Å². The van der Waals surface area contributed by atoms with Crippen LogP contribution in [0, 0.1) is 30.4 Å². The van der Waals surface area contributed by atoms with Crippen molar-refractivity contribution in [2.45, 2.75) is 52.4 Å². The Morgan fingerprint density at radius 1 is 0.529 bits per heavy atom. The molecule has 1 aliphatic heterocycles. The smallest absolute Gasteiger partial charge is 0.135 e. The number of hydrogen-bond acceptors (Lipinski definition) is 4. The van der Waals surface area contributed by atoms with Gasteiger partial charge in [0.2, 0.25) is 0 Å². The van der Waals surface area contributed by atoms with Gasteiger partial charge < -0.3 is 19.1 Å². The fraction of sp³-hybridized carbons (Fsp3) is 0.129. The molecule has 350 valence electrons. The predicted molar refractivity (Wildman–Crippen MR) is 278 cm³/mol. The first-order valence-electron chi connectivity index (χ1n) is 23.2. The molecule has 11 rings (SSSR count). The summed E-state index contributed by atoms with van der Waals surface area (Å²) in [7, 11) is 0. The quantitative estimate of drug-likeness (QED) is 0.142. The van der Waals surface area contributed by atoms with Gasteiger partial charge in [0.1, 0.15) is 17.5 Å². The molecule has 0 unspecified atom stereocenters. The van der Waals surface area contributed by atoms with Crippen LogP contribution in [0.3, 0.4) is 0 Å². The van der Waals surface area contributed by atoms with Crippen molar-refractivity contribution in [1.82, 2.24) is 9.55 Å². The number of aromatic nitrogens is 2. The predicted octanol–water partition coefficient (Wildman–Crippen LogP) is 16.9. The fourth-order valence-corrected chi connectivity index (χ4v) is 9.63. The standard InChI is InChI=1S/C62H49F2N4O.Pt/c1-61(2,3)43-29-30-65-59(35-43)68-55-24-13-11-20-52(55)53-28-27-47(38-58(53)68)69-48-34-42(49-19-10-12-23-54(49)62(4,5)6)33-46(37-48)66-39-67(57-26-15-14-25-56(57)66)60-50(40-17-8-7-9-18-40)21-16-22-51(60)41-31-44(63)36-45(64)32-41;/h7-36,39H,1-6H3;/q-3;. The molecule has 5 nitrogen and oxygen atoms in total. The van der Waals surface area contributed by atoms with Crippen molar-refractivity contribution in [2.75, 3.05) is 9.80 Å².